The van der Waals surface area contributed by atoms with Crippen LogP contribution in [0.3, 0.4) is 0 Å². The Morgan fingerprint density at radius 3 is 2.33 bits per heavy atom. The van der Waals surface area contributed by atoms with E-state index in [1.165, 1.54) is 0 Å². The Labute approximate surface area is 73.1 Å². The summed E-state index contributed by atoms with van der Waals surface area (Å²) in [6.07, 6.45) is 0.537. The Morgan fingerprint density at radius 2 is 2.00 bits per heavy atom. The van der Waals surface area contributed by atoms with Gasteiger partial charge in [-0.25, -0.2) is 9.86 Å². The van der Waals surface area contributed by atoms with Crippen molar-refractivity contribution < 1.29 is 13.5 Å². The molecular weight excluding hydrogens is 180 g/mol. The molecule has 0 saturated carbocycles. The zero-order valence-corrected chi connectivity index (χ0v) is 8.19. The van der Waals surface area contributed by atoms with E-state index in [2.05, 4.69) is 4.72 Å². The molecule has 0 atom stereocenters. The molecule has 0 radical (unpaired) electrons. The molecule has 4 N–H and O–H groups in total. The summed E-state index contributed by atoms with van der Waals surface area (Å²) in [7, 11) is -3.61. The Balaban J connectivity index is 3.92. The molecule has 0 rings (SSSR count). The van der Waals surface area contributed by atoms with Crippen molar-refractivity contribution in [3.63, 3.8) is 0 Å². The lowest BCUT2D eigenvalue weighted by Crippen LogP contribution is -2.38. The topological polar surface area (TPSA) is 92.4 Å². The lowest BCUT2D eigenvalue weighted by atomic mass is 9.90. The molecule has 0 aliphatic heterocycles. The fourth-order valence-corrected chi connectivity index (χ4v) is 1.28. The van der Waals surface area contributed by atoms with Gasteiger partial charge >= 0.3 is 0 Å². The number of nitrogens with one attached hydrogen (secondary N) is 1. The molecule has 0 aromatic rings. The largest absolute Gasteiger partial charge is 0.396 e. The fourth-order valence-electron chi connectivity index (χ4n) is 0.687. The SMILES string of the molecule is CC(C)(CCO)CNS(N)(=O)=O. The predicted octanol–water partition coefficient (Wildman–Crippen LogP) is -0.812. The highest BCUT2D eigenvalue weighted by molar-refractivity contribution is 7.87. The highest BCUT2D eigenvalue weighted by atomic mass is 32.2. The van der Waals surface area contributed by atoms with Gasteiger partial charge in [-0.1, -0.05) is 13.8 Å². The quantitative estimate of drug-likeness (QED) is 0.537. The highest BCUT2D eigenvalue weighted by Crippen LogP contribution is 2.17. The van der Waals surface area contributed by atoms with Crippen LogP contribution < -0.4 is 9.86 Å². The number of aliphatic hydroxyl groups is 1. The van der Waals surface area contributed by atoms with Crippen LogP contribution in [-0.4, -0.2) is 26.7 Å². The first-order chi connectivity index (χ1) is 5.27. The number of hydrogen-bond acceptors (Lipinski definition) is 3. The summed E-state index contributed by atoms with van der Waals surface area (Å²) in [6.45, 7) is 3.98. The van der Waals surface area contributed by atoms with Crippen molar-refractivity contribution in [2.24, 2.45) is 10.6 Å². The van der Waals surface area contributed by atoms with Gasteiger partial charge in [0.05, 0.1) is 0 Å². The second-order valence-corrected chi connectivity index (χ2v) is 4.88. The molecule has 5 nitrogen and oxygen atoms in total. The van der Waals surface area contributed by atoms with Gasteiger partial charge in [0.25, 0.3) is 10.2 Å². The molecule has 0 heterocycles. The van der Waals surface area contributed by atoms with Crippen LogP contribution in [0.5, 0.6) is 0 Å². The summed E-state index contributed by atoms with van der Waals surface area (Å²) in [5.74, 6) is 0. The Morgan fingerprint density at radius 1 is 1.50 bits per heavy atom. The van der Waals surface area contributed by atoms with Crippen LogP contribution in [-0.2, 0) is 10.2 Å². The van der Waals surface area contributed by atoms with E-state index in [-0.39, 0.29) is 18.6 Å². The van der Waals surface area contributed by atoms with E-state index in [1.54, 1.807) is 0 Å². The maximum atomic E-state index is 10.5. The van der Waals surface area contributed by atoms with Crippen LogP contribution in [0.1, 0.15) is 20.3 Å². The first kappa shape index (κ1) is 11.8. The average molecular weight is 196 g/mol. The molecule has 6 heteroatoms. The zero-order chi connectivity index (χ0) is 9.83. The van der Waals surface area contributed by atoms with Crippen molar-refractivity contribution in [2.45, 2.75) is 20.3 Å². The molecule has 0 unspecified atom stereocenters. The summed E-state index contributed by atoms with van der Waals surface area (Å²) in [6, 6.07) is 0. The molecule has 0 spiro atoms. The van der Waals surface area contributed by atoms with Crippen molar-refractivity contribution in [3.05, 3.63) is 0 Å². The fraction of sp³-hybridized carbons (Fsp3) is 1.00. The third-order valence-electron chi connectivity index (χ3n) is 1.54. The van der Waals surface area contributed by atoms with Crippen LogP contribution in [0.2, 0.25) is 0 Å². The smallest absolute Gasteiger partial charge is 0.274 e. The summed E-state index contributed by atoms with van der Waals surface area (Å²) in [5, 5.41) is 13.4. The van der Waals surface area contributed by atoms with Gasteiger partial charge in [-0.05, 0) is 11.8 Å². The van der Waals surface area contributed by atoms with Gasteiger partial charge < -0.3 is 5.11 Å². The second-order valence-electron chi connectivity index (χ2n) is 3.50. The van der Waals surface area contributed by atoms with E-state index in [4.69, 9.17) is 10.2 Å². The van der Waals surface area contributed by atoms with Crippen molar-refractivity contribution >= 4 is 10.2 Å². The van der Waals surface area contributed by atoms with Crippen LogP contribution >= 0.6 is 0 Å². The van der Waals surface area contributed by atoms with Crippen molar-refractivity contribution in [1.82, 2.24) is 4.72 Å². The highest BCUT2D eigenvalue weighted by Gasteiger charge is 2.18. The van der Waals surface area contributed by atoms with Gasteiger partial charge in [0.15, 0.2) is 0 Å². The monoisotopic (exact) mass is 196 g/mol. The lowest BCUT2D eigenvalue weighted by molar-refractivity contribution is 0.213. The van der Waals surface area contributed by atoms with E-state index in [0.29, 0.717) is 6.42 Å². The Hall–Kier alpha value is -0.170. The molecule has 0 aliphatic carbocycles. The number of nitrogens with two attached hydrogens (primary N) is 1. The second kappa shape index (κ2) is 4.18. The normalized spacial score (nSPS) is 13.3. The first-order valence-corrected chi connectivity index (χ1v) is 5.20. The summed E-state index contributed by atoms with van der Waals surface area (Å²) < 4.78 is 23.2. The molecule has 0 saturated heterocycles. The minimum Gasteiger partial charge on any atom is -0.396 e. The standard InChI is InChI=1S/C6H16N2O3S/c1-6(2,3-4-9)5-8-12(7,10)11/h8-9H,3-5H2,1-2H3,(H2,7,10,11). The first-order valence-electron chi connectivity index (χ1n) is 3.65. The minimum absolute atomic E-state index is 0.0410. The average Bonchev–Trinajstić information content (AvgIpc) is 1.83. The molecular formula is C6H16N2O3S. The van der Waals surface area contributed by atoms with E-state index < -0.39 is 10.2 Å². The Kier molecular flexibility index (Phi) is 4.12. The minimum atomic E-state index is -3.61. The van der Waals surface area contributed by atoms with Gasteiger partial charge in [0.2, 0.25) is 0 Å². The van der Waals surface area contributed by atoms with Gasteiger partial charge in [-0.2, -0.15) is 8.42 Å². The van der Waals surface area contributed by atoms with Gasteiger partial charge in [0.1, 0.15) is 0 Å². The molecule has 74 valence electrons. The number of hydrogen-bond donors (Lipinski definition) is 3. The van der Waals surface area contributed by atoms with Crippen LogP contribution in [0.25, 0.3) is 0 Å². The van der Waals surface area contributed by atoms with E-state index in [1.807, 2.05) is 13.8 Å². The van der Waals surface area contributed by atoms with Gasteiger partial charge in [-0.15, -0.1) is 0 Å². The molecule has 0 fully saturated rings. The van der Waals surface area contributed by atoms with Gasteiger partial charge in [-0.3, -0.25) is 0 Å². The lowest BCUT2D eigenvalue weighted by Gasteiger charge is -2.22. The molecule has 0 aromatic heterocycles. The van der Waals surface area contributed by atoms with Crippen LogP contribution in [0.15, 0.2) is 0 Å². The summed E-state index contributed by atoms with van der Waals surface area (Å²) in [4.78, 5) is 0. The maximum Gasteiger partial charge on any atom is 0.274 e. The maximum absolute atomic E-state index is 10.5. The predicted molar refractivity (Wildman–Crippen MR) is 46.6 cm³/mol. The van der Waals surface area contributed by atoms with E-state index in [0.717, 1.165) is 0 Å². The molecule has 12 heavy (non-hydrogen) atoms. The molecule has 0 bridgehead atoms. The third kappa shape index (κ3) is 6.53. The van der Waals surface area contributed by atoms with Crippen molar-refractivity contribution in [1.29, 1.82) is 0 Å². The van der Waals surface area contributed by atoms with E-state index in [9.17, 15) is 8.42 Å². The van der Waals surface area contributed by atoms with E-state index >= 15 is 0 Å². The van der Waals surface area contributed by atoms with Gasteiger partial charge in [0, 0.05) is 13.2 Å². The number of aliphatic hydroxyl groups excluding tert-OH is 1. The third-order valence-corrected chi connectivity index (χ3v) is 2.09. The van der Waals surface area contributed by atoms with Crippen molar-refractivity contribution in [3.8, 4) is 0 Å². The van der Waals surface area contributed by atoms with Crippen molar-refractivity contribution in [2.75, 3.05) is 13.2 Å². The Bertz CT molecular complexity index is 223. The zero-order valence-electron chi connectivity index (χ0n) is 7.37. The molecule has 0 aliphatic rings. The molecule has 0 aromatic carbocycles. The summed E-state index contributed by atoms with van der Waals surface area (Å²) >= 11 is 0. The molecule has 0 amide bonds. The summed E-state index contributed by atoms with van der Waals surface area (Å²) in [5.41, 5.74) is -0.263. The number of rotatable bonds is 5. The van der Waals surface area contributed by atoms with Crippen LogP contribution in [0, 0.1) is 5.41 Å². The van der Waals surface area contributed by atoms with Crippen LogP contribution in [0.4, 0.5) is 0 Å².